The van der Waals surface area contributed by atoms with E-state index in [0.29, 0.717) is 11.5 Å². The van der Waals surface area contributed by atoms with E-state index < -0.39 is 5.97 Å². The monoisotopic (exact) mass is 231 g/mol. The molecular weight excluding hydrogens is 214 g/mol. The first-order valence-corrected chi connectivity index (χ1v) is 5.90. The molecule has 1 N–H and O–H groups in total. The maximum absolute atomic E-state index is 11.0. The Labute approximate surface area is 101 Å². The molecule has 17 heavy (non-hydrogen) atoms. The minimum atomic E-state index is -0.870. The van der Waals surface area contributed by atoms with Gasteiger partial charge in [0.15, 0.2) is 0 Å². The Morgan fingerprint density at radius 2 is 2.12 bits per heavy atom. The van der Waals surface area contributed by atoms with Gasteiger partial charge in [0.05, 0.1) is 5.56 Å². The van der Waals surface area contributed by atoms with Gasteiger partial charge in [-0.15, -0.1) is 0 Å². The molecule has 0 saturated heterocycles. The summed E-state index contributed by atoms with van der Waals surface area (Å²) in [5, 5.41) is 10.1. The van der Waals surface area contributed by atoms with Gasteiger partial charge >= 0.3 is 5.97 Å². The van der Waals surface area contributed by atoms with Crippen LogP contribution in [0.4, 0.5) is 0 Å². The molecule has 0 spiro atoms. The maximum atomic E-state index is 11.0. The fourth-order valence-corrected chi connectivity index (χ4v) is 2.18. The van der Waals surface area contributed by atoms with E-state index in [1.165, 1.54) is 5.56 Å². The van der Waals surface area contributed by atoms with Crippen molar-refractivity contribution >= 4 is 16.9 Å². The minimum Gasteiger partial charge on any atom is -0.478 e. The molecule has 1 aromatic carbocycles. The molecule has 0 atom stereocenters. The fourth-order valence-electron chi connectivity index (χ4n) is 2.18. The number of carboxylic acid groups (broad SMARTS) is 1. The van der Waals surface area contributed by atoms with E-state index in [9.17, 15) is 4.79 Å². The molecule has 0 unspecified atom stereocenters. The van der Waals surface area contributed by atoms with E-state index in [1.54, 1.807) is 12.1 Å². The number of fused-ring (bicyclic) bond motifs is 1. The van der Waals surface area contributed by atoms with Crippen molar-refractivity contribution in [3.63, 3.8) is 0 Å². The van der Waals surface area contributed by atoms with Gasteiger partial charge in [0, 0.05) is 23.6 Å². The molecule has 2 aromatic rings. The summed E-state index contributed by atoms with van der Waals surface area (Å²) in [6.45, 7) is 7.24. The lowest BCUT2D eigenvalue weighted by atomic mass is 10.0. The molecule has 0 bridgehead atoms. The molecule has 0 saturated carbocycles. The van der Waals surface area contributed by atoms with E-state index >= 15 is 0 Å². The highest BCUT2D eigenvalue weighted by molar-refractivity contribution is 5.95. The van der Waals surface area contributed by atoms with Gasteiger partial charge in [-0.2, -0.15) is 0 Å². The van der Waals surface area contributed by atoms with E-state index in [1.807, 2.05) is 6.07 Å². The fraction of sp³-hybridized carbons (Fsp3) is 0.357. The van der Waals surface area contributed by atoms with Crippen LogP contribution in [-0.4, -0.2) is 15.6 Å². The summed E-state index contributed by atoms with van der Waals surface area (Å²) in [5.74, 6) is -0.472. The van der Waals surface area contributed by atoms with Crippen molar-refractivity contribution in [3.8, 4) is 0 Å². The van der Waals surface area contributed by atoms with Crippen molar-refractivity contribution in [2.75, 3.05) is 0 Å². The van der Waals surface area contributed by atoms with E-state index in [4.69, 9.17) is 5.11 Å². The summed E-state index contributed by atoms with van der Waals surface area (Å²) in [5.41, 5.74) is 2.68. The standard InChI is InChI=1S/C14H17NO2/c1-4-15-8-12(9(2)3)11-7-10(14(16)17)5-6-13(11)15/h5-9H,4H2,1-3H3,(H,16,17). The number of nitrogens with zero attached hydrogens (tertiary/aromatic N) is 1. The van der Waals surface area contributed by atoms with Gasteiger partial charge in [0.2, 0.25) is 0 Å². The lowest BCUT2D eigenvalue weighted by molar-refractivity contribution is 0.0697. The van der Waals surface area contributed by atoms with Crippen LogP contribution in [0.25, 0.3) is 10.9 Å². The van der Waals surface area contributed by atoms with E-state index in [2.05, 4.69) is 31.5 Å². The Morgan fingerprint density at radius 3 is 2.65 bits per heavy atom. The smallest absolute Gasteiger partial charge is 0.335 e. The van der Waals surface area contributed by atoms with Crippen molar-refractivity contribution in [1.29, 1.82) is 0 Å². The SMILES string of the molecule is CCn1cc(C(C)C)c2cc(C(=O)O)ccc21. The first kappa shape index (κ1) is 11.7. The number of aromatic carboxylic acids is 1. The second-order valence-corrected chi connectivity index (χ2v) is 4.56. The Morgan fingerprint density at radius 1 is 1.41 bits per heavy atom. The number of aryl methyl sites for hydroxylation is 1. The summed E-state index contributed by atoms with van der Waals surface area (Å²) in [4.78, 5) is 11.0. The number of hydrogen-bond acceptors (Lipinski definition) is 1. The largest absolute Gasteiger partial charge is 0.478 e. The molecular formula is C14H17NO2. The molecule has 0 fully saturated rings. The molecule has 0 amide bonds. The molecule has 0 radical (unpaired) electrons. The second-order valence-electron chi connectivity index (χ2n) is 4.56. The third-order valence-corrected chi connectivity index (χ3v) is 3.12. The Kier molecular flexibility index (Phi) is 2.92. The molecule has 0 aliphatic rings. The molecule has 3 nitrogen and oxygen atoms in total. The lowest BCUT2D eigenvalue weighted by Crippen LogP contribution is -1.96. The Bertz CT molecular complexity index is 567. The molecule has 90 valence electrons. The van der Waals surface area contributed by atoms with Crippen molar-refractivity contribution in [3.05, 3.63) is 35.5 Å². The first-order valence-electron chi connectivity index (χ1n) is 5.90. The number of carboxylic acids is 1. The molecule has 3 heteroatoms. The Hall–Kier alpha value is -1.77. The molecule has 1 aromatic heterocycles. The van der Waals surface area contributed by atoms with E-state index in [0.717, 1.165) is 17.4 Å². The zero-order chi connectivity index (χ0) is 12.6. The van der Waals surface area contributed by atoms with Crippen LogP contribution in [0.1, 0.15) is 42.6 Å². The van der Waals surface area contributed by atoms with Crippen molar-refractivity contribution in [1.82, 2.24) is 4.57 Å². The van der Waals surface area contributed by atoms with E-state index in [-0.39, 0.29) is 0 Å². The lowest BCUT2D eigenvalue weighted by Gasteiger charge is -2.02. The molecule has 1 heterocycles. The number of rotatable bonds is 3. The quantitative estimate of drug-likeness (QED) is 0.878. The van der Waals surface area contributed by atoms with Crippen LogP contribution in [0.5, 0.6) is 0 Å². The zero-order valence-corrected chi connectivity index (χ0v) is 10.4. The van der Waals surface area contributed by atoms with Crippen molar-refractivity contribution < 1.29 is 9.90 Å². The van der Waals surface area contributed by atoms with Gasteiger partial charge in [-0.3, -0.25) is 0 Å². The third-order valence-electron chi connectivity index (χ3n) is 3.12. The van der Waals surface area contributed by atoms with Crippen molar-refractivity contribution in [2.45, 2.75) is 33.2 Å². The van der Waals surface area contributed by atoms with Gasteiger partial charge < -0.3 is 9.67 Å². The van der Waals surface area contributed by atoms with Gasteiger partial charge in [0.25, 0.3) is 0 Å². The van der Waals surface area contributed by atoms with Crippen LogP contribution in [0.2, 0.25) is 0 Å². The van der Waals surface area contributed by atoms with Crippen molar-refractivity contribution in [2.24, 2.45) is 0 Å². The topological polar surface area (TPSA) is 42.2 Å². The average molecular weight is 231 g/mol. The average Bonchev–Trinajstić information content (AvgIpc) is 2.66. The van der Waals surface area contributed by atoms with Crippen LogP contribution < -0.4 is 0 Å². The predicted molar refractivity (Wildman–Crippen MR) is 68.7 cm³/mol. The van der Waals surface area contributed by atoms with Crippen LogP contribution in [0, 0.1) is 0 Å². The maximum Gasteiger partial charge on any atom is 0.335 e. The first-order chi connectivity index (χ1) is 8.04. The number of carbonyl (C=O) groups is 1. The summed E-state index contributed by atoms with van der Waals surface area (Å²) in [6.07, 6.45) is 2.13. The van der Waals surface area contributed by atoms with Gasteiger partial charge in [-0.05, 0) is 36.6 Å². The minimum absolute atomic E-state index is 0.355. The van der Waals surface area contributed by atoms with Crippen LogP contribution >= 0.6 is 0 Å². The van der Waals surface area contributed by atoms with Gasteiger partial charge in [-0.1, -0.05) is 13.8 Å². The van der Waals surface area contributed by atoms with Crippen LogP contribution in [0.3, 0.4) is 0 Å². The third kappa shape index (κ3) is 1.93. The van der Waals surface area contributed by atoms with Crippen LogP contribution in [0.15, 0.2) is 24.4 Å². The molecule has 0 aliphatic carbocycles. The number of aromatic nitrogens is 1. The summed E-state index contributed by atoms with van der Waals surface area (Å²) >= 11 is 0. The van der Waals surface area contributed by atoms with Gasteiger partial charge in [0.1, 0.15) is 0 Å². The summed E-state index contributed by atoms with van der Waals surface area (Å²) < 4.78 is 2.16. The highest BCUT2D eigenvalue weighted by Gasteiger charge is 2.13. The number of benzene rings is 1. The second kappa shape index (κ2) is 4.24. The normalized spacial score (nSPS) is 11.3. The molecule has 0 aliphatic heterocycles. The molecule has 2 rings (SSSR count). The highest BCUT2D eigenvalue weighted by Crippen LogP contribution is 2.28. The Balaban J connectivity index is 2.73. The van der Waals surface area contributed by atoms with Gasteiger partial charge in [-0.25, -0.2) is 4.79 Å². The predicted octanol–water partition coefficient (Wildman–Crippen LogP) is 3.48. The number of hydrogen-bond donors (Lipinski definition) is 1. The summed E-state index contributed by atoms with van der Waals surface area (Å²) in [7, 11) is 0. The zero-order valence-electron chi connectivity index (χ0n) is 10.4. The van der Waals surface area contributed by atoms with Crippen LogP contribution in [-0.2, 0) is 6.54 Å². The highest BCUT2D eigenvalue weighted by atomic mass is 16.4. The summed E-state index contributed by atoms with van der Waals surface area (Å²) in [6, 6.07) is 5.34.